The Morgan fingerprint density at radius 3 is 2.14 bits per heavy atom. The molecule has 0 radical (unpaired) electrons. The van der Waals surface area contributed by atoms with Gasteiger partial charge in [-0.15, -0.1) is 0 Å². The smallest absolute Gasteiger partial charge is 0.294 e. The fraction of sp³-hybridized carbons (Fsp3) is 0.0500. The second-order valence-electron chi connectivity index (χ2n) is 7.23. The van der Waals surface area contributed by atoms with Crippen LogP contribution in [0.25, 0.3) is 10.8 Å². The highest BCUT2D eigenvalue weighted by Crippen LogP contribution is 2.33. The standard InChI is InChI=1S/C20H16ClN5O7S2/c1-26(13-4-7-16-11(8-13)9-15(10-17(16)27)35(31,32)33)20-24-18(21)23-19(25-20)22-12-2-5-14(6-3-12)34(28,29)30/h2-10,27H,1H3,(H,28,29,30)(H,31,32,33)(H,22,23,24,25). The van der Waals surface area contributed by atoms with Gasteiger partial charge in [-0.25, -0.2) is 0 Å². The first kappa shape index (κ1) is 24.6. The number of phenols is 1. The Morgan fingerprint density at radius 2 is 1.51 bits per heavy atom. The number of aromatic hydroxyl groups is 1. The van der Waals surface area contributed by atoms with E-state index < -0.39 is 25.1 Å². The number of hydrogen-bond acceptors (Lipinski definition) is 10. The Morgan fingerprint density at radius 1 is 0.857 bits per heavy atom. The van der Waals surface area contributed by atoms with Crippen molar-refractivity contribution in [2.45, 2.75) is 9.79 Å². The van der Waals surface area contributed by atoms with E-state index in [1.54, 1.807) is 25.2 Å². The van der Waals surface area contributed by atoms with Crippen molar-refractivity contribution in [3.63, 3.8) is 0 Å². The molecule has 1 heterocycles. The van der Waals surface area contributed by atoms with Gasteiger partial charge in [0.25, 0.3) is 20.2 Å². The molecule has 35 heavy (non-hydrogen) atoms. The first-order valence-corrected chi connectivity index (χ1v) is 12.8. The van der Waals surface area contributed by atoms with Gasteiger partial charge in [0.05, 0.1) is 9.79 Å². The molecular formula is C20H16ClN5O7S2. The molecule has 0 bridgehead atoms. The summed E-state index contributed by atoms with van der Waals surface area (Å²) in [4.78, 5) is 13.1. The summed E-state index contributed by atoms with van der Waals surface area (Å²) in [7, 11) is -7.26. The van der Waals surface area contributed by atoms with Gasteiger partial charge >= 0.3 is 0 Å². The molecule has 4 N–H and O–H groups in total. The second-order valence-corrected chi connectivity index (χ2v) is 10.4. The number of hydrogen-bond donors (Lipinski definition) is 4. The van der Waals surface area contributed by atoms with Crippen molar-refractivity contribution in [2.24, 2.45) is 0 Å². The van der Waals surface area contributed by atoms with Gasteiger partial charge in [0.15, 0.2) is 0 Å². The highest BCUT2D eigenvalue weighted by Gasteiger charge is 2.16. The fourth-order valence-corrected chi connectivity index (χ4v) is 4.34. The molecule has 0 fully saturated rings. The van der Waals surface area contributed by atoms with Gasteiger partial charge < -0.3 is 15.3 Å². The molecule has 0 saturated heterocycles. The van der Waals surface area contributed by atoms with Gasteiger partial charge in [-0.2, -0.15) is 31.8 Å². The topological polar surface area (TPSA) is 183 Å². The number of halogens is 1. The van der Waals surface area contributed by atoms with Crippen LogP contribution in [0, 0.1) is 0 Å². The molecule has 4 rings (SSSR count). The third-order valence-electron chi connectivity index (χ3n) is 4.88. The van der Waals surface area contributed by atoms with Crippen LogP contribution in [-0.4, -0.2) is 53.0 Å². The molecule has 1 aromatic heterocycles. The summed E-state index contributed by atoms with van der Waals surface area (Å²) in [6.07, 6.45) is 0. The number of rotatable bonds is 6. The van der Waals surface area contributed by atoms with E-state index in [9.17, 15) is 26.5 Å². The van der Waals surface area contributed by atoms with Crippen LogP contribution in [0.4, 0.5) is 23.3 Å². The van der Waals surface area contributed by atoms with Crippen LogP contribution in [0.1, 0.15) is 0 Å². The molecule has 0 spiro atoms. The summed E-state index contributed by atoms with van der Waals surface area (Å²) in [5.41, 5.74) is 0.905. The van der Waals surface area contributed by atoms with Crippen molar-refractivity contribution in [2.75, 3.05) is 17.3 Å². The van der Waals surface area contributed by atoms with Gasteiger partial charge in [0, 0.05) is 29.9 Å². The van der Waals surface area contributed by atoms with Gasteiger partial charge in [-0.1, -0.05) is 0 Å². The molecule has 0 unspecified atom stereocenters. The van der Waals surface area contributed by atoms with Crippen LogP contribution in [0.3, 0.4) is 0 Å². The third kappa shape index (κ3) is 5.41. The minimum Gasteiger partial charge on any atom is -0.507 e. The molecule has 3 aromatic carbocycles. The highest BCUT2D eigenvalue weighted by atomic mass is 35.5. The quantitative estimate of drug-likeness (QED) is 0.263. The van der Waals surface area contributed by atoms with E-state index in [0.29, 0.717) is 22.1 Å². The predicted octanol–water partition coefficient (Wildman–Crippen LogP) is 3.39. The van der Waals surface area contributed by atoms with E-state index in [-0.39, 0.29) is 27.8 Å². The zero-order chi connectivity index (χ0) is 25.5. The number of phenolic OH excluding ortho intramolecular Hbond substituents is 1. The van der Waals surface area contributed by atoms with Crippen molar-refractivity contribution in [3.8, 4) is 5.75 Å². The van der Waals surface area contributed by atoms with Gasteiger partial charge in [-0.05, 0) is 65.5 Å². The molecule has 0 aliphatic carbocycles. The summed E-state index contributed by atoms with van der Waals surface area (Å²) in [6.45, 7) is 0. The fourth-order valence-electron chi connectivity index (χ4n) is 3.17. The maximum atomic E-state index is 11.5. The van der Waals surface area contributed by atoms with Crippen LogP contribution in [0.5, 0.6) is 5.75 Å². The molecule has 12 nitrogen and oxygen atoms in total. The normalized spacial score (nSPS) is 12.0. The zero-order valence-corrected chi connectivity index (χ0v) is 20.0. The van der Waals surface area contributed by atoms with E-state index in [1.807, 2.05) is 0 Å². The number of anilines is 4. The summed E-state index contributed by atoms with van der Waals surface area (Å²) in [6, 6.07) is 12.1. The molecule has 0 amide bonds. The molecule has 4 aromatic rings. The molecular weight excluding hydrogens is 522 g/mol. The Bertz CT molecular complexity index is 1660. The van der Waals surface area contributed by atoms with Crippen molar-refractivity contribution < 1.29 is 31.0 Å². The maximum absolute atomic E-state index is 11.5. The van der Waals surface area contributed by atoms with Gasteiger partial charge in [-0.3, -0.25) is 9.11 Å². The van der Waals surface area contributed by atoms with Crippen molar-refractivity contribution >= 4 is 65.9 Å². The molecule has 0 aliphatic heterocycles. The van der Waals surface area contributed by atoms with Crippen molar-refractivity contribution in [1.29, 1.82) is 0 Å². The largest absolute Gasteiger partial charge is 0.507 e. The minimum absolute atomic E-state index is 0.0403. The SMILES string of the molecule is CN(c1ccc2c(O)cc(S(=O)(=O)O)cc2c1)c1nc(Cl)nc(Nc2ccc(S(=O)(=O)O)cc2)n1. The monoisotopic (exact) mass is 537 g/mol. The Balaban J connectivity index is 1.67. The first-order valence-electron chi connectivity index (χ1n) is 9.55. The van der Waals surface area contributed by atoms with E-state index in [2.05, 4.69) is 20.3 Å². The maximum Gasteiger partial charge on any atom is 0.294 e. The van der Waals surface area contributed by atoms with Crippen molar-refractivity contribution in [1.82, 2.24) is 15.0 Å². The third-order valence-corrected chi connectivity index (χ3v) is 6.75. The minimum atomic E-state index is -4.53. The van der Waals surface area contributed by atoms with Crippen LogP contribution in [0.2, 0.25) is 5.28 Å². The summed E-state index contributed by atoms with van der Waals surface area (Å²) >= 11 is 6.05. The molecule has 0 saturated carbocycles. The lowest BCUT2D eigenvalue weighted by molar-refractivity contribution is 0.471. The number of aromatic nitrogens is 3. The molecule has 0 atom stereocenters. The average Bonchev–Trinajstić information content (AvgIpc) is 2.77. The van der Waals surface area contributed by atoms with E-state index in [0.717, 1.165) is 6.07 Å². The van der Waals surface area contributed by atoms with Crippen LogP contribution >= 0.6 is 11.6 Å². The Labute approximate surface area is 204 Å². The lowest BCUT2D eigenvalue weighted by Crippen LogP contribution is -2.15. The Kier molecular flexibility index (Phi) is 6.25. The van der Waals surface area contributed by atoms with Crippen molar-refractivity contribution in [3.05, 3.63) is 59.9 Å². The number of nitrogens with one attached hydrogen (secondary N) is 1. The number of nitrogens with zero attached hydrogens (tertiary/aromatic N) is 4. The molecule has 0 aliphatic rings. The number of benzene rings is 3. The highest BCUT2D eigenvalue weighted by molar-refractivity contribution is 7.86. The zero-order valence-electron chi connectivity index (χ0n) is 17.7. The Hall–Kier alpha value is -3.56. The van der Waals surface area contributed by atoms with Crippen LogP contribution in [-0.2, 0) is 20.2 Å². The lowest BCUT2D eigenvalue weighted by Gasteiger charge is -2.19. The number of fused-ring (bicyclic) bond motifs is 1. The summed E-state index contributed by atoms with van der Waals surface area (Å²) < 4.78 is 63.8. The van der Waals surface area contributed by atoms with Crippen LogP contribution in [0.15, 0.2) is 64.4 Å². The summed E-state index contributed by atoms with van der Waals surface area (Å²) in [5, 5.41) is 13.5. The second kappa shape index (κ2) is 8.90. The average molecular weight is 538 g/mol. The summed E-state index contributed by atoms with van der Waals surface area (Å²) in [5.74, 6) is -0.172. The molecule has 15 heteroatoms. The predicted molar refractivity (Wildman–Crippen MR) is 128 cm³/mol. The lowest BCUT2D eigenvalue weighted by atomic mass is 10.1. The van der Waals surface area contributed by atoms with Crippen LogP contribution < -0.4 is 10.2 Å². The van der Waals surface area contributed by atoms with E-state index in [1.165, 1.54) is 35.2 Å². The van der Waals surface area contributed by atoms with E-state index >= 15 is 0 Å². The first-order chi connectivity index (χ1) is 16.3. The molecule has 182 valence electrons. The van der Waals surface area contributed by atoms with E-state index in [4.69, 9.17) is 16.2 Å². The van der Waals surface area contributed by atoms with Gasteiger partial charge in [0.2, 0.25) is 17.2 Å². The van der Waals surface area contributed by atoms with Gasteiger partial charge in [0.1, 0.15) is 5.75 Å².